The Kier molecular flexibility index (Phi) is 4.26. The SMILES string of the molecule is CC[C@@H]1NC(=O)[C@@H]2C[C@H](NC(=O)c3ccccc3Cl)CN2C1=O. The van der Waals surface area contributed by atoms with E-state index in [1.807, 2.05) is 6.92 Å². The Morgan fingerprint density at radius 1 is 1.39 bits per heavy atom. The maximum absolute atomic E-state index is 12.3. The smallest absolute Gasteiger partial charge is 0.253 e. The summed E-state index contributed by atoms with van der Waals surface area (Å²) in [6.07, 6.45) is 0.981. The number of fused-ring (bicyclic) bond motifs is 1. The Morgan fingerprint density at radius 2 is 2.13 bits per heavy atom. The minimum absolute atomic E-state index is 0.0772. The summed E-state index contributed by atoms with van der Waals surface area (Å²) >= 11 is 6.02. The molecule has 0 radical (unpaired) electrons. The number of rotatable bonds is 3. The average Bonchev–Trinajstić information content (AvgIpc) is 2.95. The van der Waals surface area contributed by atoms with Crippen molar-refractivity contribution < 1.29 is 14.4 Å². The van der Waals surface area contributed by atoms with Crippen LogP contribution in [0.3, 0.4) is 0 Å². The monoisotopic (exact) mass is 335 g/mol. The molecule has 3 atom stereocenters. The minimum Gasteiger partial charge on any atom is -0.347 e. The molecule has 3 rings (SSSR count). The molecule has 1 aromatic carbocycles. The van der Waals surface area contributed by atoms with Crippen LogP contribution < -0.4 is 10.6 Å². The molecule has 2 aliphatic heterocycles. The van der Waals surface area contributed by atoms with Crippen molar-refractivity contribution in [2.75, 3.05) is 6.54 Å². The number of nitrogens with one attached hydrogen (secondary N) is 2. The summed E-state index contributed by atoms with van der Waals surface area (Å²) in [5.41, 5.74) is 0.390. The van der Waals surface area contributed by atoms with E-state index < -0.39 is 12.1 Å². The molecule has 2 aliphatic rings. The highest BCUT2D eigenvalue weighted by atomic mass is 35.5. The Bertz CT molecular complexity index is 664. The summed E-state index contributed by atoms with van der Waals surface area (Å²) in [4.78, 5) is 38.3. The van der Waals surface area contributed by atoms with E-state index in [2.05, 4.69) is 10.6 Å². The Labute approximate surface area is 139 Å². The topological polar surface area (TPSA) is 78.5 Å². The zero-order valence-electron chi connectivity index (χ0n) is 12.7. The first-order chi connectivity index (χ1) is 11.0. The molecule has 6 nitrogen and oxygen atoms in total. The highest BCUT2D eigenvalue weighted by Crippen LogP contribution is 2.24. The van der Waals surface area contributed by atoms with Gasteiger partial charge in [0, 0.05) is 12.6 Å². The van der Waals surface area contributed by atoms with Crippen LogP contribution in [0.25, 0.3) is 0 Å². The van der Waals surface area contributed by atoms with Crippen molar-refractivity contribution in [2.45, 2.75) is 37.9 Å². The second-order valence-electron chi connectivity index (χ2n) is 5.86. The van der Waals surface area contributed by atoms with Crippen LogP contribution in [0.1, 0.15) is 30.1 Å². The van der Waals surface area contributed by atoms with E-state index in [9.17, 15) is 14.4 Å². The largest absolute Gasteiger partial charge is 0.347 e. The van der Waals surface area contributed by atoms with Gasteiger partial charge >= 0.3 is 0 Å². The van der Waals surface area contributed by atoms with Crippen molar-refractivity contribution in [3.63, 3.8) is 0 Å². The summed E-state index contributed by atoms with van der Waals surface area (Å²) < 4.78 is 0. The third-order valence-corrected chi connectivity index (χ3v) is 4.69. The zero-order valence-corrected chi connectivity index (χ0v) is 13.5. The van der Waals surface area contributed by atoms with Crippen LogP contribution in [0, 0.1) is 0 Å². The molecule has 23 heavy (non-hydrogen) atoms. The van der Waals surface area contributed by atoms with E-state index in [1.165, 1.54) is 0 Å². The number of hydrogen-bond acceptors (Lipinski definition) is 3. The van der Waals surface area contributed by atoms with Crippen molar-refractivity contribution in [3.8, 4) is 0 Å². The van der Waals surface area contributed by atoms with Gasteiger partial charge in [0.15, 0.2) is 0 Å². The molecule has 2 heterocycles. The summed E-state index contributed by atoms with van der Waals surface area (Å²) in [6.45, 7) is 2.21. The second kappa shape index (κ2) is 6.20. The van der Waals surface area contributed by atoms with E-state index in [-0.39, 0.29) is 23.8 Å². The van der Waals surface area contributed by atoms with Gasteiger partial charge in [0.25, 0.3) is 5.91 Å². The van der Waals surface area contributed by atoms with Gasteiger partial charge in [-0.05, 0) is 25.0 Å². The van der Waals surface area contributed by atoms with Gasteiger partial charge in [-0.1, -0.05) is 30.7 Å². The van der Waals surface area contributed by atoms with E-state index in [0.29, 0.717) is 30.0 Å². The van der Waals surface area contributed by atoms with Crippen LogP contribution in [0.15, 0.2) is 24.3 Å². The van der Waals surface area contributed by atoms with Crippen LogP contribution in [0.5, 0.6) is 0 Å². The molecule has 2 saturated heterocycles. The summed E-state index contributed by atoms with van der Waals surface area (Å²) in [5, 5.41) is 5.98. The number of nitrogens with zero attached hydrogens (tertiary/aromatic N) is 1. The molecule has 0 spiro atoms. The Morgan fingerprint density at radius 3 is 2.83 bits per heavy atom. The molecular formula is C16H18ClN3O3. The number of carbonyl (C=O) groups is 3. The quantitative estimate of drug-likeness (QED) is 0.863. The minimum atomic E-state index is -0.498. The fourth-order valence-electron chi connectivity index (χ4n) is 3.15. The fraction of sp³-hybridized carbons (Fsp3) is 0.438. The summed E-state index contributed by atoms with van der Waals surface area (Å²) in [7, 11) is 0. The van der Waals surface area contributed by atoms with Gasteiger partial charge in [-0.25, -0.2) is 0 Å². The average molecular weight is 336 g/mol. The van der Waals surface area contributed by atoms with Crippen LogP contribution in [0.2, 0.25) is 5.02 Å². The van der Waals surface area contributed by atoms with Crippen molar-refractivity contribution >= 4 is 29.3 Å². The first kappa shape index (κ1) is 15.8. The van der Waals surface area contributed by atoms with Gasteiger partial charge in [0.05, 0.1) is 10.6 Å². The lowest BCUT2D eigenvalue weighted by Crippen LogP contribution is -2.60. The summed E-state index contributed by atoms with van der Waals surface area (Å²) in [5.74, 6) is -0.516. The van der Waals surface area contributed by atoms with E-state index in [4.69, 9.17) is 11.6 Å². The predicted molar refractivity (Wildman–Crippen MR) is 85.0 cm³/mol. The molecule has 1 aromatic rings. The number of hydrogen-bond donors (Lipinski definition) is 2. The van der Waals surface area contributed by atoms with Gasteiger partial charge in [0.2, 0.25) is 11.8 Å². The van der Waals surface area contributed by atoms with Crippen molar-refractivity contribution in [2.24, 2.45) is 0 Å². The van der Waals surface area contributed by atoms with E-state index >= 15 is 0 Å². The predicted octanol–water partition coefficient (Wildman–Crippen LogP) is 0.948. The van der Waals surface area contributed by atoms with Crippen LogP contribution in [-0.4, -0.2) is 47.3 Å². The molecule has 3 amide bonds. The van der Waals surface area contributed by atoms with Crippen molar-refractivity contribution in [1.82, 2.24) is 15.5 Å². The van der Waals surface area contributed by atoms with Gasteiger partial charge in [-0.15, -0.1) is 0 Å². The maximum atomic E-state index is 12.3. The van der Waals surface area contributed by atoms with Gasteiger partial charge in [-0.3, -0.25) is 14.4 Å². The lowest BCUT2D eigenvalue weighted by Gasteiger charge is -2.33. The molecule has 7 heteroatoms. The molecule has 0 saturated carbocycles. The van der Waals surface area contributed by atoms with Crippen LogP contribution >= 0.6 is 11.6 Å². The van der Waals surface area contributed by atoms with Crippen molar-refractivity contribution in [1.29, 1.82) is 0 Å². The lowest BCUT2D eigenvalue weighted by molar-refractivity contribution is -0.147. The van der Waals surface area contributed by atoms with Crippen LogP contribution in [0.4, 0.5) is 0 Å². The Hall–Kier alpha value is -2.08. The number of amides is 3. The Balaban J connectivity index is 1.70. The fourth-order valence-corrected chi connectivity index (χ4v) is 3.37. The molecular weight excluding hydrogens is 318 g/mol. The highest BCUT2D eigenvalue weighted by Gasteiger charge is 2.46. The summed E-state index contributed by atoms with van der Waals surface area (Å²) in [6, 6.07) is 5.57. The number of carbonyl (C=O) groups excluding carboxylic acids is 3. The number of halogens is 1. The normalized spacial score (nSPS) is 26.7. The molecule has 0 unspecified atom stereocenters. The molecule has 2 N–H and O–H groups in total. The zero-order chi connectivity index (χ0) is 16.6. The van der Waals surface area contributed by atoms with E-state index in [1.54, 1.807) is 29.2 Å². The molecule has 122 valence electrons. The lowest BCUT2D eigenvalue weighted by atomic mass is 10.1. The first-order valence-electron chi connectivity index (χ1n) is 7.67. The molecule has 0 aliphatic carbocycles. The van der Waals surface area contributed by atoms with Crippen LogP contribution in [-0.2, 0) is 9.59 Å². The van der Waals surface area contributed by atoms with E-state index in [0.717, 1.165) is 0 Å². The number of benzene rings is 1. The van der Waals surface area contributed by atoms with Gasteiger partial charge in [0.1, 0.15) is 12.1 Å². The second-order valence-corrected chi connectivity index (χ2v) is 6.27. The molecule has 2 fully saturated rings. The molecule has 0 aromatic heterocycles. The van der Waals surface area contributed by atoms with Crippen molar-refractivity contribution in [3.05, 3.63) is 34.9 Å². The third-order valence-electron chi connectivity index (χ3n) is 4.36. The third kappa shape index (κ3) is 2.91. The maximum Gasteiger partial charge on any atom is 0.253 e. The highest BCUT2D eigenvalue weighted by molar-refractivity contribution is 6.33. The standard InChI is InChI=1S/C16H18ClN3O3/c1-2-12-16(23)20-8-9(7-13(20)15(22)19-12)18-14(21)10-5-3-4-6-11(10)17/h3-6,9,12-13H,2,7-8H2,1H3,(H,18,21)(H,19,22)/t9-,12-,13-/m0/s1. The molecule has 0 bridgehead atoms. The van der Waals surface area contributed by atoms with Gasteiger partial charge < -0.3 is 15.5 Å². The first-order valence-corrected chi connectivity index (χ1v) is 8.05. The van der Waals surface area contributed by atoms with Gasteiger partial charge in [-0.2, -0.15) is 0 Å². The number of piperazine rings is 1.